The Bertz CT molecular complexity index is 408. The third kappa shape index (κ3) is 1.58. The Kier molecular flexibility index (Phi) is 2.66. The van der Waals surface area contributed by atoms with Gasteiger partial charge in [0, 0.05) is 31.0 Å². The number of rotatable bonds is 0. The van der Waals surface area contributed by atoms with E-state index >= 15 is 0 Å². The molecular formula is C12H15NO3. The number of allylic oxidation sites excluding steroid dienone is 2. The van der Waals surface area contributed by atoms with Gasteiger partial charge in [-0.3, -0.25) is 14.4 Å². The summed E-state index contributed by atoms with van der Waals surface area (Å²) in [5.74, 6) is -0.153. The van der Waals surface area contributed by atoms with Gasteiger partial charge in [0.25, 0.3) is 0 Å². The zero-order valence-corrected chi connectivity index (χ0v) is 9.58. The van der Waals surface area contributed by atoms with E-state index in [1.165, 1.54) is 11.8 Å². The molecule has 0 aromatic heterocycles. The summed E-state index contributed by atoms with van der Waals surface area (Å²) in [5, 5.41) is 0. The van der Waals surface area contributed by atoms with Crippen LogP contribution in [0.25, 0.3) is 0 Å². The smallest absolute Gasteiger partial charge is 0.224 e. The monoisotopic (exact) mass is 221 g/mol. The van der Waals surface area contributed by atoms with Gasteiger partial charge in [-0.15, -0.1) is 0 Å². The highest BCUT2D eigenvalue weighted by atomic mass is 16.2. The number of carbonyl (C=O) groups excluding carboxylic acids is 3. The molecule has 4 heteroatoms. The van der Waals surface area contributed by atoms with Crippen LogP contribution >= 0.6 is 0 Å². The Labute approximate surface area is 94.3 Å². The lowest BCUT2D eigenvalue weighted by atomic mass is 9.85. The molecule has 0 aromatic rings. The van der Waals surface area contributed by atoms with Crippen molar-refractivity contribution in [2.45, 2.75) is 45.6 Å². The SMILES string of the molecule is CC(=O)N1C2=C(CC(=O)[C@@H]1C)C(=O)CCC2. The lowest BCUT2D eigenvalue weighted by Gasteiger charge is -2.37. The van der Waals surface area contributed by atoms with Gasteiger partial charge in [0.1, 0.15) is 0 Å². The Morgan fingerprint density at radius 3 is 2.62 bits per heavy atom. The van der Waals surface area contributed by atoms with Gasteiger partial charge in [0.05, 0.1) is 6.04 Å². The molecule has 0 spiro atoms. The van der Waals surface area contributed by atoms with Gasteiger partial charge >= 0.3 is 0 Å². The molecule has 0 bridgehead atoms. The van der Waals surface area contributed by atoms with Gasteiger partial charge in [-0.05, 0) is 19.8 Å². The van der Waals surface area contributed by atoms with Crippen molar-refractivity contribution in [3.63, 3.8) is 0 Å². The topological polar surface area (TPSA) is 54.5 Å². The second kappa shape index (κ2) is 3.85. The number of nitrogens with zero attached hydrogens (tertiary/aromatic N) is 1. The normalized spacial score (nSPS) is 25.9. The Morgan fingerprint density at radius 1 is 1.31 bits per heavy atom. The van der Waals surface area contributed by atoms with E-state index in [0.717, 1.165) is 18.5 Å². The second-order valence-corrected chi connectivity index (χ2v) is 4.41. The van der Waals surface area contributed by atoms with E-state index in [9.17, 15) is 14.4 Å². The van der Waals surface area contributed by atoms with Crippen molar-refractivity contribution in [1.29, 1.82) is 0 Å². The maximum Gasteiger partial charge on any atom is 0.224 e. The zero-order chi connectivity index (χ0) is 11.9. The minimum Gasteiger partial charge on any atom is -0.306 e. The van der Waals surface area contributed by atoms with Crippen LogP contribution < -0.4 is 0 Å². The van der Waals surface area contributed by atoms with Crippen molar-refractivity contribution in [2.75, 3.05) is 0 Å². The summed E-state index contributed by atoms with van der Waals surface area (Å²) in [4.78, 5) is 36.5. The third-order valence-electron chi connectivity index (χ3n) is 3.34. The standard InChI is InChI=1S/C12H15NO3/c1-7-12(16)6-9-10(13(7)8(2)14)4-3-5-11(9)15/h7H,3-6H2,1-2H3/t7-/m0/s1. The molecule has 1 aliphatic carbocycles. The fourth-order valence-electron chi connectivity index (χ4n) is 2.51. The molecule has 0 radical (unpaired) electrons. The fraction of sp³-hybridized carbons (Fsp3) is 0.583. The first-order valence-electron chi connectivity index (χ1n) is 5.60. The van der Waals surface area contributed by atoms with Crippen LogP contribution in [-0.4, -0.2) is 28.4 Å². The molecule has 2 aliphatic rings. The third-order valence-corrected chi connectivity index (χ3v) is 3.34. The average molecular weight is 221 g/mol. The van der Waals surface area contributed by atoms with E-state index in [1.807, 2.05) is 0 Å². The average Bonchev–Trinajstić information content (AvgIpc) is 2.21. The van der Waals surface area contributed by atoms with Gasteiger partial charge in [-0.25, -0.2) is 0 Å². The van der Waals surface area contributed by atoms with Crippen molar-refractivity contribution in [3.8, 4) is 0 Å². The van der Waals surface area contributed by atoms with Crippen LogP contribution in [0, 0.1) is 0 Å². The second-order valence-electron chi connectivity index (χ2n) is 4.41. The highest BCUT2D eigenvalue weighted by Crippen LogP contribution is 2.33. The van der Waals surface area contributed by atoms with Crippen LogP contribution in [0.3, 0.4) is 0 Å². The number of Topliss-reactive ketones (excluding diaryl/α,β-unsaturated/α-hetero) is 2. The summed E-state index contributed by atoms with van der Waals surface area (Å²) >= 11 is 0. The maximum absolute atomic E-state index is 11.7. The lowest BCUT2D eigenvalue weighted by Crippen LogP contribution is -2.47. The number of hydrogen-bond donors (Lipinski definition) is 0. The van der Waals surface area contributed by atoms with Crippen LogP contribution in [0.4, 0.5) is 0 Å². The van der Waals surface area contributed by atoms with E-state index in [4.69, 9.17) is 0 Å². The van der Waals surface area contributed by atoms with Crippen LogP contribution in [-0.2, 0) is 14.4 Å². The van der Waals surface area contributed by atoms with Gasteiger partial charge in [-0.1, -0.05) is 0 Å². The summed E-state index contributed by atoms with van der Waals surface area (Å²) < 4.78 is 0. The molecule has 0 saturated heterocycles. The quantitative estimate of drug-likeness (QED) is 0.617. The zero-order valence-electron chi connectivity index (χ0n) is 9.58. The molecule has 0 saturated carbocycles. The van der Waals surface area contributed by atoms with Crippen LogP contribution in [0.1, 0.15) is 39.5 Å². The minimum absolute atomic E-state index is 0.0350. The molecule has 1 aliphatic heterocycles. The molecule has 1 amide bonds. The van der Waals surface area contributed by atoms with Gasteiger partial charge < -0.3 is 4.90 Å². The number of carbonyl (C=O) groups is 3. The van der Waals surface area contributed by atoms with E-state index in [2.05, 4.69) is 0 Å². The Balaban J connectivity index is 2.48. The van der Waals surface area contributed by atoms with E-state index < -0.39 is 6.04 Å². The van der Waals surface area contributed by atoms with Crippen molar-refractivity contribution in [2.24, 2.45) is 0 Å². The van der Waals surface area contributed by atoms with Crippen molar-refractivity contribution in [1.82, 2.24) is 4.90 Å². The Hall–Kier alpha value is -1.45. The number of hydrogen-bond acceptors (Lipinski definition) is 3. The molecule has 1 heterocycles. The molecule has 16 heavy (non-hydrogen) atoms. The first-order chi connectivity index (χ1) is 7.52. The van der Waals surface area contributed by atoms with E-state index in [0.29, 0.717) is 12.0 Å². The van der Waals surface area contributed by atoms with Crippen molar-refractivity contribution < 1.29 is 14.4 Å². The Morgan fingerprint density at radius 2 is 2.00 bits per heavy atom. The maximum atomic E-state index is 11.7. The molecule has 2 rings (SSSR count). The molecule has 4 nitrogen and oxygen atoms in total. The molecule has 0 fully saturated rings. The fourth-order valence-corrected chi connectivity index (χ4v) is 2.51. The summed E-state index contributed by atoms with van der Waals surface area (Å²) in [6, 6.07) is -0.415. The van der Waals surface area contributed by atoms with Gasteiger partial charge in [0.15, 0.2) is 11.6 Å². The highest BCUT2D eigenvalue weighted by molar-refractivity contribution is 6.05. The van der Waals surface area contributed by atoms with Crippen LogP contribution in [0.15, 0.2) is 11.3 Å². The summed E-state index contributed by atoms with van der Waals surface area (Å²) in [5.41, 5.74) is 1.36. The van der Waals surface area contributed by atoms with E-state index in [-0.39, 0.29) is 23.9 Å². The number of amides is 1. The number of ketones is 2. The molecular weight excluding hydrogens is 206 g/mol. The van der Waals surface area contributed by atoms with Crippen molar-refractivity contribution in [3.05, 3.63) is 11.3 Å². The first-order valence-corrected chi connectivity index (χ1v) is 5.60. The summed E-state index contributed by atoms with van der Waals surface area (Å²) in [6.45, 7) is 3.17. The van der Waals surface area contributed by atoms with E-state index in [1.54, 1.807) is 6.92 Å². The molecule has 0 N–H and O–H groups in total. The van der Waals surface area contributed by atoms with Gasteiger partial charge in [-0.2, -0.15) is 0 Å². The minimum atomic E-state index is -0.415. The molecule has 0 unspecified atom stereocenters. The van der Waals surface area contributed by atoms with Gasteiger partial charge in [0.2, 0.25) is 5.91 Å². The first kappa shape index (κ1) is 11.0. The van der Waals surface area contributed by atoms with Crippen LogP contribution in [0.2, 0.25) is 0 Å². The highest BCUT2D eigenvalue weighted by Gasteiger charge is 2.37. The molecule has 1 atom stereocenters. The lowest BCUT2D eigenvalue weighted by molar-refractivity contribution is -0.137. The molecule has 86 valence electrons. The summed E-state index contributed by atoms with van der Waals surface area (Å²) in [6.07, 6.45) is 2.23. The predicted octanol–water partition coefficient (Wildman–Crippen LogP) is 1.20. The molecule has 0 aromatic carbocycles. The largest absolute Gasteiger partial charge is 0.306 e. The van der Waals surface area contributed by atoms with Crippen LogP contribution in [0.5, 0.6) is 0 Å². The predicted molar refractivity (Wildman–Crippen MR) is 57.5 cm³/mol. The summed E-state index contributed by atoms with van der Waals surface area (Å²) in [7, 11) is 0. The van der Waals surface area contributed by atoms with Crippen molar-refractivity contribution >= 4 is 17.5 Å².